The molecule has 1 aromatic carbocycles. The number of fused-ring (bicyclic) bond motifs is 1. The zero-order chi connectivity index (χ0) is 23.4. The van der Waals surface area contributed by atoms with Crippen LogP contribution in [0.2, 0.25) is 0 Å². The fourth-order valence-corrected chi connectivity index (χ4v) is 5.47. The van der Waals surface area contributed by atoms with E-state index in [0.29, 0.717) is 0 Å². The molecule has 0 radical (unpaired) electrons. The van der Waals surface area contributed by atoms with E-state index in [9.17, 15) is 0 Å². The van der Waals surface area contributed by atoms with Crippen molar-refractivity contribution in [2.45, 2.75) is 161 Å². The van der Waals surface area contributed by atoms with E-state index in [1.54, 1.807) is 16.7 Å². The third kappa shape index (κ3) is 14.1. The van der Waals surface area contributed by atoms with Gasteiger partial charge in [-0.25, -0.2) is 0 Å². The molecule has 0 heterocycles. The Morgan fingerprint density at radius 3 is 1.58 bits per heavy atom. The van der Waals surface area contributed by atoms with Crippen LogP contribution in [-0.4, -0.2) is 0 Å². The van der Waals surface area contributed by atoms with Crippen LogP contribution < -0.4 is 0 Å². The summed E-state index contributed by atoms with van der Waals surface area (Å²) in [6.45, 7) is 6.33. The highest BCUT2D eigenvalue weighted by atomic mass is 14.1. The van der Waals surface area contributed by atoms with Gasteiger partial charge in [0.2, 0.25) is 0 Å². The maximum Gasteiger partial charge on any atom is -0.0276 e. The number of aryl methyl sites for hydroxylation is 3. The second-order valence-corrected chi connectivity index (χ2v) is 10.9. The zero-order valence-corrected chi connectivity index (χ0v) is 22.4. The Balaban J connectivity index is 1.27. The van der Waals surface area contributed by atoms with Crippen molar-refractivity contribution in [1.82, 2.24) is 0 Å². The van der Waals surface area contributed by atoms with E-state index in [0.717, 1.165) is 6.42 Å². The quantitative estimate of drug-likeness (QED) is 0.128. The summed E-state index contributed by atoms with van der Waals surface area (Å²) >= 11 is 0. The van der Waals surface area contributed by atoms with Crippen molar-refractivity contribution in [2.75, 3.05) is 0 Å². The summed E-state index contributed by atoms with van der Waals surface area (Å²) in [6.07, 6.45) is 33.7. The van der Waals surface area contributed by atoms with E-state index in [4.69, 9.17) is 0 Å². The molecule has 1 aliphatic carbocycles. The van der Waals surface area contributed by atoms with E-state index in [-0.39, 0.29) is 0 Å². The van der Waals surface area contributed by atoms with Crippen molar-refractivity contribution in [1.29, 1.82) is 0 Å². The van der Waals surface area contributed by atoms with Gasteiger partial charge in [-0.15, -0.1) is 0 Å². The molecule has 1 aromatic rings. The SMILES string of the molecule is C=C(CC)CCCCCCCCCCCCCCCCCCCc1ccc2c(c1)CCCC2. The Morgan fingerprint density at radius 2 is 1.06 bits per heavy atom. The van der Waals surface area contributed by atoms with Crippen molar-refractivity contribution >= 4 is 0 Å². The van der Waals surface area contributed by atoms with E-state index in [1.807, 2.05) is 0 Å². The van der Waals surface area contributed by atoms with Crippen LogP contribution >= 0.6 is 0 Å². The maximum atomic E-state index is 4.11. The van der Waals surface area contributed by atoms with Gasteiger partial charge in [0, 0.05) is 0 Å². The first-order valence-corrected chi connectivity index (χ1v) is 15.1. The average Bonchev–Trinajstić information content (AvgIpc) is 2.85. The molecule has 0 heteroatoms. The highest BCUT2D eigenvalue weighted by Gasteiger charge is 2.09. The largest absolute Gasteiger partial charge is 0.0999 e. The Labute approximate surface area is 208 Å². The molecule has 0 bridgehead atoms. The van der Waals surface area contributed by atoms with Gasteiger partial charge in [-0.3, -0.25) is 0 Å². The molecule has 0 saturated carbocycles. The summed E-state index contributed by atoms with van der Waals surface area (Å²) in [6, 6.07) is 7.33. The molecular formula is C33H56. The smallest absolute Gasteiger partial charge is 0.0276 e. The summed E-state index contributed by atoms with van der Waals surface area (Å²) < 4.78 is 0. The Bertz CT molecular complexity index is 610. The van der Waals surface area contributed by atoms with Gasteiger partial charge >= 0.3 is 0 Å². The predicted molar refractivity (Wildman–Crippen MR) is 149 cm³/mol. The summed E-state index contributed by atoms with van der Waals surface area (Å²) in [5.74, 6) is 0. The molecule has 0 aromatic heterocycles. The minimum atomic E-state index is 1.16. The molecule has 0 fully saturated rings. The number of benzene rings is 1. The molecule has 0 spiro atoms. The van der Waals surface area contributed by atoms with Gasteiger partial charge in [0.25, 0.3) is 0 Å². The molecule has 0 aliphatic heterocycles. The highest BCUT2D eigenvalue weighted by molar-refractivity contribution is 5.33. The van der Waals surface area contributed by atoms with Crippen molar-refractivity contribution in [3.63, 3.8) is 0 Å². The molecule has 0 amide bonds. The van der Waals surface area contributed by atoms with Crippen LogP contribution in [0.25, 0.3) is 0 Å². The molecule has 0 nitrogen and oxygen atoms in total. The van der Waals surface area contributed by atoms with Crippen LogP contribution in [0.3, 0.4) is 0 Å². The predicted octanol–water partition coefficient (Wildman–Crippen LogP) is 11.1. The normalized spacial score (nSPS) is 13.2. The Kier molecular flexibility index (Phi) is 16.5. The minimum absolute atomic E-state index is 1.16. The molecular weight excluding hydrogens is 396 g/mol. The molecule has 188 valence electrons. The average molecular weight is 453 g/mol. The number of unbranched alkanes of at least 4 members (excludes halogenated alkanes) is 16. The van der Waals surface area contributed by atoms with Crippen molar-refractivity contribution in [3.8, 4) is 0 Å². The molecule has 0 atom stereocenters. The number of rotatable bonds is 21. The van der Waals surface area contributed by atoms with E-state index in [2.05, 4.69) is 31.7 Å². The molecule has 1 aliphatic rings. The summed E-state index contributed by atoms with van der Waals surface area (Å²) in [5.41, 5.74) is 6.30. The van der Waals surface area contributed by atoms with Crippen LogP contribution in [0.1, 0.15) is 158 Å². The Morgan fingerprint density at radius 1 is 0.606 bits per heavy atom. The van der Waals surface area contributed by atoms with Crippen LogP contribution in [0, 0.1) is 0 Å². The van der Waals surface area contributed by atoms with Crippen LogP contribution in [0.4, 0.5) is 0 Å². The van der Waals surface area contributed by atoms with Gasteiger partial charge < -0.3 is 0 Å². The summed E-state index contributed by atoms with van der Waals surface area (Å²) in [7, 11) is 0. The lowest BCUT2D eigenvalue weighted by Crippen LogP contribution is -2.03. The number of allylic oxidation sites excluding steroid dienone is 1. The zero-order valence-electron chi connectivity index (χ0n) is 22.4. The first-order chi connectivity index (χ1) is 16.3. The van der Waals surface area contributed by atoms with Gasteiger partial charge in [-0.05, 0) is 74.5 Å². The number of hydrogen-bond acceptors (Lipinski definition) is 0. The standard InChI is InChI=1S/C33H56/c1-3-30(2)23-19-17-15-13-11-9-7-5-4-6-8-10-12-14-16-18-20-24-31-27-28-32-25-21-22-26-33(32)29-31/h27-29H,2-26H2,1H3. The molecule has 2 rings (SSSR count). The maximum absolute atomic E-state index is 4.11. The number of hydrogen-bond donors (Lipinski definition) is 0. The molecule has 0 N–H and O–H groups in total. The first-order valence-electron chi connectivity index (χ1n) is 15.1. The van der Waals surface area contributed by atoms with E-state index in [1.165, 1.54) is 153 Å². The molecule has 0 saturated heterocycles. The van der Waals surface area contributed by atoms with Gasteiger partial charge in [0.1, 0.15) is 0 Å². The lowest BCUT2D eigenvalue weighted by Gasteiger charge is -2.16. The van der Waals surface area contributed by atoms with E-state index < -0.39 is 0 Å². The van der Waals surface area contributed by atoms with E-state index >= 15 is 0 Å². The van der Waals surface area contributed by atoms with Gasteiger partial charge in [0.15, 0.2) is 0 Å². The van der Waals surface area contributed by atoms with Crippen molar-refractivity contribution < 1.29 is 0 Å². The van der Waals surface area contributed by atoms with Crippen LogP contribution in [0.15, 0.2) is 30.4 Å². The third-order valence-corrected chi connectivity index (χ3v) is 7.91. The topological polar surface area (TPSA) is 0 Å². The molecule has 0 unspecified atom stereocenters. The third-order valence-electron chi connectivity index (χ3n) is 7.91. The Hall–Kier alpha value is -1.04. The second kappa shape index (κ2) is 19.3. The summed E-state index contributed by atoms with van der Waals surface area (Å²) in [4.78, 5) is 0. The van der Waals surface area contributed by atoms with Gasteiger partial charge in [0.05, 0.1) is 0 Å². The first kappa shape index (κ1) is 28.2. The monoisotopic (exact) mass is 452 g/mol. The van der Waals surface area contributed by atoms with Crippen molar-refractivity contribution in [3.05, 3.63) is 47.0 Å². The fraction of sp³-hybridized carbons (Fsp3) is 0.758. The second-order valence-electron chi connectivity index (χ2n) is 10.9. The van der Waals surface area contributed by atoms with Crippen molar-refractivity contribution in [2.24, 2.45) is 0 Å². The van der Waals surface area contributed by atoms with Crippen LogP contribution in [0.5, 0.6) is 0 Å². The lowest BCUT2D eigenvalue weighted by molar-refractivity contribution is 0.525. The van der Waals surface area contributed by atoms with Gasteiger partial charge in [-0.2, -0.15) is 0 Å². The highest BCUT2D eigenvalue weighted by Crippen LogP contribution is 2.23. The minimum Gasteiger partial charge on any atom is -0.0999 e. The lowest BCUT2D eigenvalue weighted by atomic mass is 9.89. The molecule has 33 heavy (non-hydrogen) atoms. The summed E-state index contributed by atoms with van der Waals surface area (Å²) in [5, 5.41) is 0. The fourth-order valence-electron chi connectivity index (χ4n) is 5.47. The van der Waals surface area contributed by atoms with Gasteiger partial charge in [-0.1, -0.05) is 134 Å². The van der Waals surface area contributed by atoms with Crippen LogP contribution in [-0.2, 0) is 19.3 Å².